The first-order chi connectivity index (χ1) is 6.24. The molecule has 0 radical (unpaired) electrons. The van der Waals surface area contributed by atoms with Gasteiger partial charge in [-0.1, -0.05) is 26.8 Å². The van der Waals surface area contributed by atoms with Crippen molar-refractivity contribution in [1.29, 1.82) is 0 Å². The Morgan fingerprint density at radius 1 is 0.923 bits per heavy atom. The number of hydrogen-bond acceptors (Lipinski definition) is 0. The summed E-state index contributed by atoms with van der Waals surface area (Å²) in [5, 5.41) is 0. The van der Waals surface area contributed by atoms with Gasteiger partial charge < -0.3 is 0 Å². The van der Waals surface area contributed by atoms with E-state index in [1.807, 2.05) is 0 Å². The maximum Gasteiger partial charge on any atom is 0.0165 e. The van der Waals surface area contributed by atoms with Crippen molar-refractivity contribution in [3.8, 4) is 0 Å². The van der Waals surface area contributed by atoms with Crippen molar-refractivity contribution in [2.24, 2.45) is 0 Å². The predicted octanol–water partition coefficient (Wildman–Crippen LogP) is 3.98. The average Bonchev–Trinajstić information content (AvgIpc) is 2.17. The van der Waals surface area contributed by atoms with Gasteiger partial charge in [-0.25, -0.2) is 0 Å². The van der Waals surface area contributed by atoms with Crippen molar-refractivity contribution < 1.29 is 0 Å². The molecule has 0 nitrogen and oxygen atoms in total. The van der Waals surface area contributed by atoms with Gasteiger partial charge in [0.15, 0.2) is 0 Å². The molecule has 0 heterocycles. The van der Waals surface area contributed by atoms with Crippen molar-refractivity contribution in [3.63, 3.8) is 0 Å². The Kier molecular flexibility index (Phi) is 4.23. The maximum atomic E-state index is 2.44. The van der Waals surface area contributed by atoms with E-state index in [0.717, 1.165) is 12.8 Å². The number of benzene rings is 1. The minimum atomic E-state index is 1.16. The topological polar surface area (TPSA) is 0 Å². The summed E-state index contributed by atoms with van der Waals surface area (Å²) in [5.74, 6) is 0. The Morgan fingerprint density at radius 3 is 2.00 bits per heavy atom. The highest BCUT2D eigenvalue weighted by Gasteiger charge is 2.07. The zero-order chi connectivity index (χ0) is 9.84. The van der Waals surface area contributed by atoms with Gasteiger partial charge in [-0.2, -0.15) is 0 Å². The van der Waals surface area contributed by atoms with Gasteiger partial charge in [-0.3, -0.25) is 0 Å². The fourth-order valence-corrected chi connectivity index (χ4v) is 2.75. The molecular formula is C12H17I. The molecule has 13 heavy (non-hydrogen) atoms. The lowest BCUT2D eigenvalue weighted by Gasteiger charge is -2.12. The molecule has 0 aromatic heterocycles. The monoisotopic (exact) mass is 288 g/mol. The highest BCUT2D eigenvalue weighted by molar-refractivity contribution is 14.1. The van der Waals surface area contributed by atoms with Gasteiger partial charge in [-0.15, -0.1) is 0 Å². The molecule has 72 valence electrons. The second-order valence-corrected chi connectivity index (χ2v) is 4.39. The van der Waals surface area contributed by atoms with Crippen LogP contribution in [0.5, 0.6) is 0 Å². The SMILES string of the molecule is CCc1ccc(I)c(CC)c1CC. The lowest BCUT2D eigenvalue weighted by molar-refractivity contribution is 0.974. The fraction of sp³-hybridized carbons (Fsp3) is 0.500. The lowest BCUT2D eigenvalue weighted by Crippen LogP contribution is -1.99. The lowest BCUT2D eigenvalue weighted by atomic mass is 9.96. The third kappa shape index (κ3) is 2.25. The molecule has 0 spiro atoms. The van der Waals surface area contributed by atoms with Crippen molar-refractivity contribution in [2.45, 2.75) is 40.0 Å². The van der Waals surface area contributed by atoms with Gasteiger partial charge in [0.2, 0.25) is 0 Å². The van der Waals surface area contributed by atoms with Crippen LogP contribution in [-0.4, -0.2) is 0 Å². The van der Waals surface area contributed by atoms with Gasteiger partial charge in [-0.05, 0) is 64.6 Å². The van der Waals surface area contributed by atoms with E-state index in [4.69, 9.17) is 0 Å². The summed E-state index contributed by atoms with van der Waals surface area (Å²) in [7, 11) is 0. The quantitative estimate of drug-likeness (QED) is 0.738. The Balaban J connectivity index is 3.27. The fourth-order valence-electron chi connectivity index (χ4n) is 1.87. The zero-order valence-electron chi connectivity index (χ0n) is 8.65. The van der Waals surface area contributed by atoms with Crippen molar-refractivity contribution in [2.75, 3.05) is 0 Å². The van der Waals surface area contributed by atoms with E-state index in [-0.39, 0.29) is 0 Å². The molecule has 0 aliphatic carbocycles. The predicted molar refractivity (Wildman–Crippen MR) is 67.3 cm³/mol. The molecule has 0 unspecified atom stereocenters. The van der Waals surface area contributed by atoms with E-state index in [1.165, 1.54) is 15.6 Å². The summed E-state index contributed by atoms with van der Waals surface area (Å²) in [6.45, 7) is 6.74. The number of rotatable bonds is 3. The first-order valence-electron chi connectivity index (χ1n) is 5.03. The van der Waals surface area contributed by atoms with E-state index < -0.39 is 0 Å². The Morgan fingerprint density at radius 2 is 1.54 bits per heavy atom. The molecule has 0 amide bonds. The molecular weight excluding hydrogens is 271 g/mol. The van der Waals surface area contributed by atoms with Crippen LogP contribution in [0.2, 0.25) is 0 Å². The molecule has 0 atom stereocenters. The van der Waals surface area contributed by atoms with Gasteiger partial charge >= 0.3 is 0 Å². The molecule has 1 aromatic rings. The van der Waals surface area contributed by atoms with Crippen LogP contribution in [0.4, 0.5) is 0 Å². The van der Waals surface area contributed by atoms with Crippen LogP contribution in [0.1, 0.15) is 37.5 Å². The van der Waals surface area contributed by atoms with E-state index >= 15 is 0 Å². The normalized spacial score (nSPS) is 10.5. The van der Waals surface area contributed by atoms with Gasteiger partial charge in [0.25, 0.3) is 0 Å². The minimum absolute atomic E-state index is 1.16. The summed E-state index contributed by atoms with van der Waals surface area (Å²) < 4.78 is 1.43. The van der Waals surface area contributed by atoms with Crippen LogP contribution in [0.15, 0.2) is 12.1 Å². The Hall–Kier alpha value is -0.0500. The second-order valence-electron chi connectivity index (χ2n) is 3.22. The number of halogens is 1. The molecule has 0 fully saturated rings. The second kappa shape index (κ2) is 4.99. The summed E-state index contributed by atoms with van der Waals surface area (Å²) in [4.78, 5) is 0. The van der Waals surface area contributed by atoms with Crippen molar-refractivity contribution >= 4 is 22.6 Å². The Labute approximate surface area is 94.9 Å². The zero-order valence-corrected chi connectivity index (χ0v) is 10.8. The van der Waals surface area contributed by atoms with Gasteiger partial charge in [0.05, 0.1) is 0 Å². The molecule has 1 aromatic carbocycles. The van der Waals surface area contributed by atoms with Gasteiger partial charge in [0.1, 0.15) is 0 Å². The van der Waals surface area contributed by atoms with Crippen LogP contribution in [-0.2, 0) is 19.3 Å². The van der Waals surface area contributed by atoms with E-state index in [1.54, 1.807) is 11.1 Å². The summed E-state index contributed by atoms with van der Waals surface area (Å²) in [6.07, 6.45) is 3.49. The summed E-state index contributed by atoms with van der Waals surface area (Å²) in [5.41, 5.74) is 4.67. The largest absolute Gasteiger partial charge is 0.0613 e. The molecule has 0 bridgehead atoms. The first kappa shape index (κ1) is 11.0. The van der Waals surface area contributed by atoms with Crippen LogP contribution >= 0.6 is 22.6 Å². The summed E-state index contributed by atoms with van der Waals surface area (Å²) >= 11 is 2.44. The van der Waals surface area contributed by atoms with E-state index in [9.17, 15) is 0 Å². The molecule has 0 N–H and O–H groups in total. The van der Waals surface area contributed by atoms with Crippen LogP contribution in [0.3, 0.4) is 0 Å². The molecule has 0 saturated carbocycles. The highest BCUT2D eigenvalue weighted by atomic mass is 127. The highest BCUT2D eigenvalue weighted by Crippen LogP contribution is 2.22. The molecule has 0 aliphatic rings. The van der Waals surface area contributed by atoms with Crippen molar-refractivity contribution in [3.05, 3.63) is 32.4 Å². The maximum absolute atomic E-state index is 2.44. The minimum Gasteiger partial charge on any atom is -0.0613 e. The third-order valence-corrected chi connectivity index (χ3v) is 3.57. The first-order valence-corrected chi connectivity index (χ1v) is 6.11. The van der Waals surface area contributed by atoms with Crippen molar-refractivity contribution in [1.82, 2.24) is 0 Å². The smallest absolute Gasteiger partial charge is 0.0165 e. The molecule has 1 heteroatoms. The van der Waals surface area contributed by atoms with Crippen LogP contribution < -0.4 is 0 Å². The van der Waals surface area contributed by atoms with Gasteiger partial charge in [0, 0.05) is 3.57 Å². The molecule has 0 aliphatic heterocycles. The number of hydrogen-bond donors (Lipinski definition) is 0. The van der Waals surface area contributed by atoms with Crippen LogP contribution in [0, 0.1) is 3.57 Å². The molecule has 0 saturated heterocycles. The molecule has 1 rings (SSSR count). The van der Waals surface area contributed by atoms with E-state index in [2.05, 4.69) is 55.5 Å². The summed E-state index contributed by atoms with van der Waals surface area (Å²) in [6, 6.07) is 4.52. The standard InChI is InChI=1S/C12H17I/c1-4-9-7-8-12(13)11(6-3)10(9)5-2/h7-8H,4-6H2,1-3H3. The third-order valence-electron chi connectivity index (χ3n) is 2.56. The number of aryl methyl sites for hydroxylation is 1. The van der Waals surface area contributed by atoms with Crippen LogP contribution in [0.25, 0.3) is 0 Å². The Bertz CT molecular complexity index is 289. The van der Waals surface area contributed by atoms with E-state index in [0.29, 0.717) is 0 Å². The average molecular weight is 288 g/mol.